The Morgan fingerprint density at radius 1 is 1.14 bits per heavy atom. The van der Waals surface area contributed by atoms with E-state index in [0.29, 0.717) is 19.6 Å². The summed E-state index contributed by atoms with van der Waals surface area (Å²) < 4.78 is 29.1. The van der Waals surface area contributed by atoms with E-state index in [9.17, 15) is 8.42 Å². The molecule has 28 heavy (non-hydrogen) atoms. The fourth-order valence-corrected chi connectivity index (χ4v) is 4.98. The van der Waals surface area contributed by atoms with Crippen LogP contribution in [0.1, 0.15) is 25.0 Å². The van der Waals surface area contributed by atoms with Gasteiger partial charge in [0.15, 0.2) is 15.8 Å². The Balaban J connectivity index is 1.54. The zero-order chi connectivity index (χ0) is 20.2. The van der Waals surface area contributed by atoms with E-state index in [1.54, 1.807) is 20.9 Å². The summed E-state index contributed by atoms with van der Waals surface area (Å²) in [6, 6.07) is 8.62. The van der Waals surface area contributed by atoms with Crippen molar-refractivity contribution in [2.75, 3.05) is 52.2 Å². The van der Waals surface area contributed by atoms with Gasteiger partial charge in [-0.25, -0.2) is 8.42 Å². The van der Waals surface area contributed by atoms with Crippen molar-refractivity contribution in [2.45, 2.75) is 31.7 Å². The highest BCUT2D eigenvalue weighted by Crippen LogP contribution is 2.23. The first-order valence-corrected chi connectivity index (χ1v) is 11.5. The molecule has 2 aliphatic rings. The van der Waals surface area contributed by atoms with Crippen molar-refractivity contribution in [3.63, 3.8) is 0 Å². The normalized spacial score (nSPS) is 22.8. The highest BCUT2D eigenvalue weighted by molar-refractivity contribution is 7.92. The molecule has 8 heteroatoms. The Hall–Kier alpha value is -1.64. The lowest BCUT2D eigenvalue weighted by Crippen LogP contribution is -2.57. The quantitative estimate of drug-likeness (QED) is 0.594. The summed E-state index contributed by atoms with van der Waals surface area (Å²) in [5.74, 6) is 0.914. The third kappa shape index (κ3) is 5.04. The van der Waals surface area contributed by atoms with E-state index >= 15 is 0 Å². The number of nitrogens with one attached hydrogen (secondary N) is 1. The van der Waals surface area contributed by atoms with Gasteiger partial charge in [0.2, 0.25) is 0 Å². The van der Waals surface area contributed by atoms with E-state index in [2.05, 4.69) is 39.5 Å². The molecule has 2 fully saturated rings. The number of ether oxygens (including phenoxy) is 1. The second kappa shape index (κ2) is 8.80. The summed E-state index contributed by atoms with van der Waals surface area (Å²) in [6.45, 7) is 9.72. The van der Waals surface area contributed by atoms with Crippen LogP contribution in [0.2, 0.25) is 0 Å². The molecule has 0 amide bonds. The highest BCUT2D eigenvalue weighted by Gasteiger charge is 2.40. The van der Waals surface area contributed by atoms with Gasteiger partial charge in [-0.05, 0) is 25.0 Å². The van der Waals surface area contributed by atoms with Crippen LogP contribution in [0.5, 0.6) is 0 Å². The predicted molar refractivity (Wildman–Crippen MR) is 112 cm³/mol. The maximum absolute atomic E-state index is 12.2. The van der Waals surface area contributed by atoms with Crippen molar-refractivity contribution >= 4 is 15.8 Å². The molecule has 2 heterocycles. The van der Waals surface area contributed by atoms with Gasteiger partial charge in [0, 0.05) is 46.3 Å². The van der Waals surface area contributed by atoms with Crippen LogP contribution in [0.25, 0.3) is 0 Å². The molecule has 0 aromatic heterocycles. The van der Waals surface area contributed by atoms with Crippen molar-refractivity contribution in [1.29, 1.82) is 0 Å². The second-order valence-electron chi connectivity index (χ2n) is 8.11. The van der Waals surface area contributed by atoms with Gasteiger partial charge in [0.1, 0.15) is 0 Å². The summed E-state index contributed by atoms with van der Waals surface area (Å²) >= 11 is 0. The monoisotopic (exact) mass is 408 g/mol. The topological polar surface area (TPSA) is 74.2 Å². The third-order valence-corrected chi connectivity index (χ3v) is 8.07. The van der Waals surface area contributed by atoms with Crippen molar-refractivity contribution in [1.82, 2.24) is 15.1 Å². The van der Waals surface area contributed by atoms with Crippen LogP contribution in [0.15, 0.2) is 29.3 Å². The number of guanidine groups is 1. The van der Waals surface area contributed by atoms with Gasteiger partial charge in [0.25, 0.3) is 0 Å². The van der Waals surface area contributed by atoms with Gasteiger partial charge in [-0.15, -0.1) is 0 Å². The molecule has 1 aromatic carbocycles. The molecule has 156 valence electrons. The summed E-state index contributed by atoms with van der Waals surface area (Å²) in [5, 5.41) is 3.38. The molecule has 7 nitrogen and oxygen atoms in total. The van der Waals surface area contributed by atoms with Gasteiger partial charge in [0.05, 0.1) is 23.7 Å². The summed E-state index contributed by atoms with van der Waals surface area (Å²) in [6.07, 6.45) is 0. The molecule has 2 saturated heterocycles. The molecule has 0 spiro atoms. The smallest absolute Gasteiger partial charge is 0.193 e. The van der Waals surface area contributed by atoms with Crippen LogP contribution in [-0.4, -0.2) is 81.1 Å². The zero-order valence-electron chi connectivity index (χ0n) is 17.1. The Labute approximate surface area is 168 Å². The lowest BCUT2D eigenvalue weighted by Gasteiger charge is -2.39. The first-order valence-electron chi connectivity index (χ1n) is 9.86. The average Bonchev–Trinajstić information content (AvgIpc) is 2.67. The number of morpholine rings is 1. The zero-order valence-corrected chi connectivity index (χ0v) is 18.0. The van der Waals surface area contributed by atoms with Gasteiger partial charge >= 0.3 is 0 Å². The lowest BCUT2D eigenvalue weighted by molar-refractivity contribution is 0.0342. The van der Waals surface area contributed by atoms with Crippen LogP contribution in [-0.2, 0) is 27.7 Å². The van der Waals surface area contributed by atoms with E-state index in [4.69, 9.17) is 4.74 Å². The molecule has 0 radical (unpaired) electrons. The molecule has 0 aliphatic carbocycles. The average molecular weight is 409 g/mol. The summed E-state index contributed by atoms with van der Waals surface area (Å²) in [5.41, 5.74) is 2.48. The second-order valence-corrected chi connectivity index (χ2v) is 10.8. The standard InChI is InChI=1S/C20H32N4O3S/c1-20(2)16-24(10-13-28(20,25)26)19(21-3)22-14-17-4-6-18(7-5-17)15-23-8-11-27-12-9-23/h4-7H,8-16H2,1-3H3,(H,21,22). The minimum absolute atomic E-state index is 0.164. The summed E-state index contributed by atoms with van der Waals surface area (Å²) in [4.78, 5) is 8.80. The van der Waals surface area contributed by atoms with Crippen molar-refractivity contribution in [3.05, 3.63) is 35.4 Å². The van der Waals surface area contributed by atoms with E-state index in [1.807, 2.05) is 4.90 Å². The van der Waals surface area contributed by atoms with E-state index < -0.39 is 14.6 Å². The third-order valence-electron chi connectivity index (χ3n) is 5.54. The van der Waals surface area contributed by atoms with Gasteiger partial charge < -0.3 is 15.0 Å². The molecule has 2 aliphatic heterocycles. The Morgan fingerprint density at radius 3 is 2.39 bits per heavy atom. The largest absolute Gasteiger partial charge is 0.379 e. The molecule has 1 aromatic rings. The number of nitrogens with zero attached hydrogens (tertiary/aromatic N) is 3. The van der Waals surface area contributed by atoms with E-state index in [1.165, 1.54) is 11.1 Å². The number of benzene rings is 1. The number of sulfone groups is 1. The van der Waals surface area contributed by atoms with E-state index in [-0.39, 0.29) is 5.75 Å². The molecular formula is C20H32N4O3S. The van der Waals surface area contributed by atoms with Gasteiger partial charge in [-0.1, -0.05) is 24.3 Å². The molecular weight excluding hydrogens is 376 g/mol. The maximum Gasteiger partial charge on any atom is 0.193 e. The maximum atomic E-state index is 12.2. The van der Waals surface area contributed by atoms with Gasteiger partial charge in [-0.3, -0.25) is 9.89 Å². The number of rotatable bonds is 4. The fourth-order valence-electron chi connectivity index (χ4n) is 3.62. The molecule has 0 saturated carbocycles. The summed E-state index contributed by atoms with van der Waals surface area (Å²) in [7, 11) is -1.32. The Kier molecular flexibility index (Phi) is 6.62. The van der Waals surface area contributed by atoms with Crippen LogP contribution in [0.4, 0.5) is 0 Å². The van der Waals surface area contributed by atoms with Crippen molar-refractivity contribution in [3.8, 4) is 0 Å². The van der Waals surface area contributed by atoms with Crippen LogP contribution >= 0.6 is 0 Å². The minimum atomic E-state index is -3.06. The van der Waals surface area contributed by atoms with Crippen molar-refractivity contribution < 1.29 is 13.2 Å². The predicted octanol–water partition coefficient (Wildman–Crippen LogP) is 1.10. The van der Waals surface area contributed by atoms with Crippen molar-refractivity contribution in [2.24, 2.45) is 4.99 Å². The van der Waals surface area contributed by atoms with Gasteiger partial charge in [-0.2, -0.15) is 0 Å². The van der Waals surface area contributed by atoms with Crippen LogP contribution < -0.4 is 5.32 Å². The lowest BCUT2D eigenvalue weighted by atomic mass is 10.1. The Bertz CT molecular complexity index is 784. The molecule has 0 bridgehead atoms. The first kappa shape index (κ1) is 21.1. The molecule has 3 rings (SSSR count). The van der Waals surface area contributed by atoms with Crippen LogP contribution in [0, 0.1) is 0 Å². The number of aliphatic imine (C=N–C) groups is 1. The first-order chi connectivity index (χ1) is 13.3. The Morgan fingerprint density at radius 2 is 1.79 bits per heavy atom. The molecule has 1 N–H and O–H groups in total. The highest BCUT2D eigenvalue weighted by atomic mass is 32.2. The SMILES string of the molecule is CN=C(NCc1ccc(CN2CCOCC2)cc1)N1CCS(=O)(=O)C(C)(C)C1. The van der Waals surface area contributed by atoms with Crippen LogP contribution in [0.3, 0.4) is 0 Å². The van der Waals surface area contributed by atoms with E-state index in [0.717, 1.165) is 38.8 Å². The number of hydrogen-bond donors (Lipinski definition) is 1. The number of hydrogen-bond acceptors (Lipinski definition) is 5. The molecule has 0 unspecified atom stereocenters. The minimum Gasteiger partial charge on any atom is -0.379 e. The molecule has 0 atom stereocenters. The fraction of sp³-hybridized carbons (Fsp3) is 0.650.